The molecule has 1 heterocycles. The molecular weight excluding hydrogens is 429 g/mol. The SMILES string of the molecule is COC(=O)c1ccc(NC(=O)C[C@H]2C(=O)N(c3ccc(F)cc3)C(=O)N2C2CCCC2)cc1. The van der Waals surface area contributed by atoms with Crippen LogP contribution < -0.4 is 10.2 Å². The summed E-state index contributed by atoms with van der Waals surface area (Å²) in [5, 5.41) is 2.71. The van der Waals surface area contributed by atoms with Gasteiger partial charge in [0.25, 0.3) is 5.91 Å². The fourth-order valence-corrected chi connectivity index (χ4v) is 4.41. The molecule has 1 N–H and O–H groups in total. The number of hydrogen-bond donors (Lipinski definition) is 1. The molecule has 0 radical (unpaired) electrons. The van der Waals surface area contributed by atoms with Gasteiger partial charge in [0.05, 0.1) is 24.8 Å². The molecule has 0 unspecified atom stereocenters. The van der Waals surface area contributed by atoms with Gasteiger partial charge in [-0.15, -0.1) is 0 Å². The van der Waals surface area contributed by atoms with Gasteiger partial charge in [-0.2, -0.15) is 0 Å². The van der Waals surface area contributed by atoms with Gasteiger partial charge >= 0.3 is 12.0 Å². The fourth-order valence-electron chi connectivity index (χ4n) is 4.41. The fraction of sp³-hybridized carbons (Fsp3) is 0.333. The number of nitrogens with one attached hydrogen (secondary N) is 1. The maximum atomic E-state index is 13.4. The number of benzene rings is 2. The Hall–Kier alpha value is -3.75. The summed E-state index contributed by atoms with van der Waals surface area (Å²) in [7, 11) is 1.28. The summed E-state index contributed by atoms with van der Waals surface area (Å²) in [6, 6.07) is 9.74. The van der Waals surface area contributed by atoms with E-state index in [9.17, 15) is 23.6 Å². The lowest BCUT2D eigenvalue weighted by molar-refractivity contribution is -0.124. The lowest BCUT2D eigenvalue weighted by atomic mass is 10.1. The number of esters is 1. The Morgan fingerprint density at radius 2 is 1.67 bits per heavy atom. The summed E-state index contributed by atoms with van der Waals surface area (Å²) in [5.41, 5.74) is 1.07. The molecule has 4 amide bonds. The van der Waals surface area contributed by atoms with Gasteiger partial charge in [-0.25, -0.2) is 18.9 Å². The molecule has 8 nitrogen and oxygen atoms in total. The molecule has 1 aliphatic heterocycles. The van der Waals surface area contributed by atoms with E-state index in [0.29, 0.717) is 11.3 Å². The van der Waals surface area contributed by atoms with Crippen molar-refractivity contribution >= 4 is 35.2 Å². The molecule has 2 aromatic carbocycles. The number of rotatable bonds is 6. The summed E-state index contributed by atoms with van der Waals surface area (Å²) in [6.45, 7) is 0. The highest BCUT2D eigenvalue weighted by atomic mass is 19.1. The minimum absolute atomic E-state index is 0.121. The predicted molar refractivity (Wildman–Crippen MR) is 118 cm³/mol. The van der Waals surface area contributed by atoms with Gasteiger partial charge in [0, 0.05) is 11.7 Å². The smallest absolute Gasteiger partial charge is 0.337 e. The summed E-state index contributed by atoms with van der Waals surface area (Å²) in [4.78, 5) is 53.4. The number of urea groups is 1. The van der Waals surface area contributed by atoms with Gasteiger partial charge in [-0.3, -0.25) is 9.59 Å². The molecule has 2 fully saturated rings. The first-order valence-electron chi connectivity index (χ1n) is 10.8. The maximum Gasteiger partial charge on any atom is 0.337 e. The van der Waals surface area contributed by atoms with Crippen LogP contribution in [0.15, 0.2) is 48.5 Å². The van der Waals surface area contributed by atoms with Crippen molar-refractivity contribution in [3.05, 3.63) is 59.9 Å². The molecule has 0 spiro atoms. The first-order valence-corrected chi connectivity index (χ1v) is 10.8. The quantitative estimate of drug-likeness (QED) is 0.531. The maximum absolute atomic E-state index is 13.4. The zero-order chi connectivity index (χ0) is 23.5. The number of amides is 4. The largest absolute Gasteiger partial charge is 0.465 e. The normalized spacial score (nSPS) is 18.7. The molecule has 1 saturated carbocycles. The van der Waals surface area contributed by atoms with Crippen molar-refractivity contribution in [3.8, 4) is 0 Å². The van der Waals surface area contributed by atoms with E-state index < -0.39 is 35.7 Å². The monoisotopic (exact) mass is 453 g/mol. The lowest BCUT2D eigenvalue weighted by Crippen LogP contribution is -2.43. The van der Waals surface area contributed by atoms with E-state index in [1.807, 2.05) is 0 Å². The van der Waals surface area contributed by atoms with Gasteiger partial charge in [0.15, 0.2) is 0 Å². The molecule has 1 atom stereocenters. The van der Waals surface area contributed by atoms with Crippen LogP contribution in [-0.2, 0) is 14.3 Å². The molecular formula is C24H24FN3O5. The summed E-state index contributed by atoms with van der Waals surface area (Å²) < 4.78 is 18.0. The summed E-state index contributed by atoms with van der Waals surface area (Å²) >= 11 is 0. The number of halogens is 1. The Balaban J connectivity index is 1.52. The minimum atomic E-state index is -0.944. The van der Waals surface area contributed by atoms with Crippen molar-refractivity contribution in [2.24, 2.45) is 0 Å². The molecule has 0 aromatic heterocycles. The van der Waals surface area contributed by atoms with Crippen molar-refractivity contribution in [3.63, 3.8) is 0 Å². The van der Waals surface area contributed by atoms with E-state index in [-0.39, 0.29) is 18.2 Å². The molecule has 0 bridgehead atoms. The Labute approximate surface area is 190 Å². The second kappa shape index (κ2) is 9.40. The molecule has 1 saturated heterocycles. The Kier molecular flexibility index (Phi) is 6.39. The van der Waals surface area contributed by atoms with Crippen molar-refractivity contribution in [2.45, 2.75) is 44.2 Å². The van der Waals surface area contributed by atoms with Crippen LogP contribution in [-0.4, -0.2) is 47.9 Å². The summed E-state index contributed by atoms with van der Waals surface area (Å²) in [6.07, 6.45) is 3.22. The predicted octanol–water partition coefficient (Wildman–Crippen LogP) is 3.72. The molecule has 4 rings (SSSR count). The van der Waals surface area contributed by atoms with Crippen molar-refractivity contribution in [1.82, 2.24) is 4.90 Å². The minimum Gasteiger partial charge on any atom is -0.465 e. The topological polar surface area (TPSA) is 96.0 Å². The van der Waals surface area contributed by atoms with E-state index in [4.69, 9.17) is 0 Å². The number of nitrogens with zero attached hydrogens (tertiary/aromatic N) is 2. The summed E-state index contributed by atoms with van der Waals surface area (Å²) in [5.74, 6) is -1.90. The Morgan fingerprint density at radius 3 is 2.27 bits per heavy atom. The highest BCUT2D eigenvalue weighted by Crippen LogP contribution is 2.34. The average Bonchev–Trinajstić information content (AvgIpc) is 3.41. The molecule has 172 valence electrons. The lowest BCUT2D eigenvalue weighted by Gasteiger charge is -2.27. The first-order chi connectivity index (χ1) is 15.9. The highest BCUT2D eigenvalue weighted by Gasteiger charge is 2.49. The van der Waals surface area contributed by atoms with Gasteiger partial charge in [0.2, 0.25) is 5.91 Å². The number of methoxy groups -OCH3 is 1. The van der Waals surface area contributed by atoms with E-state index in [1.54, 1.807) is 12.1 Å². The second-order valence-corrected chi connectivity index (χ2v) is 8.12. The van der Waals surface area contributed by atoms with Crippen LogP contribution in [0.25, 0.3) is 0 Å². The molecule has 1 aliphatic carbocycles. The van der Waals surface area contributed by atoms with Gasteiger partial charge in [-0.05, 0) is 61.4 Å². The molecule has 2 aromatic rings. The number of anilines is 2. The third-order valence-electron chi connectivity index (χ3n) is 6.02. The number of ether oxygens (including phenoxy) is 1. The van der Waals surface area contributed by atoms with E-state index in [2.05, 4.69) is 10.1 Å². The van der Waals surface area contributed by atoms with Gasteiger partial charge < -0.3 is 15.0 Å². The van der Waals surface area contributed by atoms with Crippen LogP contribution in [0.5, 0.6) is 0 Å². The number of imide groups is 1. The van der Waals surface area contributed by atoms with E-state index >= 15 is 0 Å². The van der Waals surface area contributed by atoms with Crippen molar-refractivity contribution < 1.29 is 28.3 Å². The Morgan fingerprint density at radius 1 is 1.03 bits per heavy atom. The van der Waals surface area contributed by atoms with Crippen LogP contribution in [0.3, 0.4) is 0 Å². The van der Waals surface area contributed by atoms with Crippen LogP contribution in [0.4, 0.5) is 20.6 Å². The third-order valence-corrected chi connectivity index (χ3v) is 6.02. The van der Waals surface area contributed by atoms with Crippen LogP contribution in [0.1, 0.15) is 42.5 Å². The second-order valence-electron chi connectivity index (χ2n) is 8.12. The van der Waals surface area contributed by atoms with E-state index in [0.717, 1.165) is 30.6 Å². The molecule has 2 aliphatic rings. The van der Waals surface area contributed by atoms with Crippen molar-refractivity contribution in [2.75, 3.05) is 17.3 Å². The number of carbonyl (C=O) groups is 4. The van der Waals surface area contributed by atoms with Crippen LogP contribution in [0, 0.1) is 5.82 Å². The van der Waals surface area contributed by atoms with Crippen LogP contribution in [0.2, 0.25) is 0 Å². The molecule has 9 heteroatoms. The zero-order valence-electron chi connectivity index (χ0n) is 18.1. The zero-order valence-corrected chi connectivity index (χ0v) is 18.1. The average molecular weight is 453 g/mol. The third kappa shape index (κ3) is 4.57. The van der Waals surface area contributed by atoms with Crippen LogP contribution >= 0.6 is 0 Å². The number of carbonyl (C=O) groups excluding carboxylic acids is 4. The number of hydrogen-bond acceptors (Lipinski definition) is 5. The first kappa shape index (κ1) is 22.4. The van der Waals surface area contributed by atoms with Gasteiger partial charge in [0.1, 0.15) is 11.9 Å². The standard InChI is InChI=1S/C24H24FN3O5/c1-33-23(31)15-6-10-17(11-7-15)26-21(29)14-20-22(30)28(19-12-8-16(25)9-13-19)24(32)27(20)18-4-2-3-5-18/h6-13,18,20H,2-5,14H2,1H3,(H,26,29)/t20-/m0/s1. The van der Waals surface area contributed by atoms with Crippen molar-refractivity contribution in [1.29, 1.82) is 0 Å². The van der Waals surface area contributed by atoms with Gasteiger partial charge in [-0.1, -0.05) is 12.8 Å². The highest BCUT2D eigenvalue weighted by molar-refractivity contribution is 6.22. The Bertz CT molecular complexity index is 1060. The van der Waals surface area contributed by atoms with E-state index in [1.165, 1.54) is 48.4 Å². The molecule has 33 heavy (non-hydrogen) atoms.